The predicted octanol–water partition coefficient (Wildman–Crippen LogP) is 1.27. The van der Waals surface area contributed by atoms with E-state index in [0.29, 0.717) is 61.3 Å². The van der Waals surface area contributed by atoms with E-state index in [2.05, 4.69) is 5.32 Å². The molecule has 0 spiro atoms. The maximum Gasteiger partial charge on any atom is 0.325 e. The Hall–Kier alpha value is -3.60. The number of urea groups is 1. The van der Waals surface area contributed by atoms with E-state index in [0.717, 1.165) is 4.90 Å². The highest BCUT2D eigenvalue weighted by Crippen LogP contribution is 2.36. The molecule has 34 heavy (non-hydrogen) atoms. The van der Waals surface area contributed by atoms with Gasteiger partial charge in [0.15, 0.2) is 11.5 Å². The van der Waals surface area contributed by atoms with E-state index < -0.39 is 17.5 Å². The van der Waals surface area contributed by atoms with Gasteiger partial charge in [0.05, 0.1) is 4.88 Å². The average molecular weight is 485 g/mol. The van der Waals surface area contributed by atoms with Gasteiger partial charge in [0.25, 0.3) is 11.8 Å². The van der Waals surface area contributed by atoms with Gasteiger partial charge in [-0.3, -0.25) is 19.3 Å². The van der Waals surface area contributed by atoms with Gasteiger partial charge in [-0.05, 0) is 36.1 Å². The third kappa shape index (κ3) is 3.85. The number of nitrogens with zero attached hydrogens (tertiary/aromatic N) is 3. The van der Waals surface area contributed by atoms with Crippen molar-refractivity contribution in [1.82, 2.24) is 20.0 Å². The van der Waals surface area contributed by atoms with E-state index >= 15 is 0 Å². The van der Waals surface area contributed by atoms with E-state index in [1.54, 1.807) is 41.0 Å². The highest BCUT2D eigenvalue weighted by Gasteiger charge is 2.50. The van der Waals surface area contributed by atoms with Crippen LogP contribution < -0.4 is 14.8 Å². The van der Waals surface area contributed by atoms with Crippen molar-refractivity contribution in [3.8, 4) is 11.5 Å². The lowest BCUT2D eigenvalue weighted by molar-refractivity contribution is -0.139. The van der Waals surface area contributed by atoms with Crippen LogP contribution in [-0.4, -0.2) is 84.4 Å². The Morgan fingerprint density at radius 2 is 1.74 bits per heavy atom. The standard InChI is InChI=1S/C23H24N4O6S/c1-23(15-4-5-16-17(13-15)33-11-10-32-16)21(30)27(22(31)24-23)14-19(28)25-6-8-26(9-7-25)20(29)18-3-2-12-34-18/h2-5,12-13H,6-11,14H2,1H3,(H,24,31). The molecule has 1 aromatic carbocycles. The number of carbonyl (C=O) groups is 4. The number of imide groups is 1. The Labute approximate surface area is 200 Å². The number of amides is 5. The smallest absolute Gasteiger partial charge is 0.325 e. The largest absolute Gasteiger partial charge is 0.486 e. The van der Waals surface area contributed by atoms with Crippen molar-refractivity contribution < 1.29 is 28.7 Å². The summed E-state index contributed by atoms with van der Waals surface area (Å²) in [7, 11) is 0. The molecule has 3 aliphatic heterocycles. The molecule has 3 aliphatic rings. The molecule has 2 fully saturated rings. The number of hydrogen-bond acceptors (Lipinski definition) is 7. The molecule has 1 N–H and O–H groups in total. The minimum atomic E-state index is -1.32. The van der Waals surface area contributed by atoms with Crippen LogP contribution in [0.1, 0.15) is 22.2 Å². The number of carbonyl (C=O) groups excluding carboxylic acids is 4. The monoisotopic (exact) mass is 484 g/mol. The summed E-state index contributed by atoms with van der Waals surface area (Å²) in [6, 6.07) is 8.08. The summed E-state index contributed by atoms with van der Waals surface area (Å²) in [5.41, 5.74) is -0.773. The molecule has 1 aromatic heterocycles. The van der Waals surface area contributed by atoms with Crippen LogP contribution in [-0.2, 0) is 15.1 Å². The van der Waals surface area contributed by atoms with Crippen LogP contribution in [0.2, 0.25) is 0 Å². The van der Waals surface area contributed by atoms with Crippen molar-refractivity contribution in [2.24, 2.45) is 0 Å². The van der Waals surface area contributed by atoms with Crippen LogP contribution in [0.4, 0.5) is 4.79 Å². The van der Waals surface area contributed by atoms with E-state index in [-0.39, 0.29) is 18.4 Å². The predicted molar refractivity (Wildman–Crippen MR) is 122 cm³/mol. The first kappa shape index (κ1) is 22.2. The molecule has 10 nitrogen and oxygen atoms in total. The Bertz CT molecular complexity index is 1140. The molecule has 5 amide bonds. The fraction of sp³-hybridized carbons (Fsp3) is 0.391. The highest BCUT2D eigenvalue weighted by molar-refractivity contribution is 7.12. The molecule has 0 bridgehead atoms. The fourth-order valence-corrected chi connectivity index (χ4v) is 5.03. The van der Waals surface area contributed by atoms with Gasteiger partial charge in [-0.25, -0.2) is 4.79 Å². The van der Waals surface area contributed by atoms with Gasteiger partial charge in [-0.1, -0.05) is 12.1 Å². The quantitative estimate of drug-likeness (QED) is 0.655. The first-order chi connectivity index (χ1) is 16.4. The number of fused-ring (bicyclic) bond motifs is 1. The number of hydrogen-bond donors (Lipinski definition) is 1. The molecular weight excluding hydrogens is 460 g/mol. The van der Waals surface area contributed by atoms with Gasteiger partial charge < -0.3 is 24.6 Å². The molecule has 4 heterocycles. The molecule has 178 valence electrons. The first-order valence-corrected chi connectivity index (χ1v) is 11.9. The van der Waals surface area contributed by atoms with Crippen molar-refractivity contribution in [2.45, 2.75) is 12.5 Å². The second-order valence-electron chi connectivity index (χ2n) is 8.46. The fourth-order valence-electron chi connectivity index (χ4n) is 4.34. The Morgan fingerprint density at radius 3 is 2.44 bits per heavy atom. The Balaban J connectivity index is 1.23. The molecule has 2 saturated heterocycles. The van der Waals surface area contributed by atoms with E-state index in [1.807, 2.05) is 11.4 Å². The summed E-state index contributed by atoms with van der Waals surface area (Å²) in [6.07, 6.45) is 0. The topological polar surface area (TPSA) is 108 Å². The summed E-state index contributed by atoms with van der Waals surface area (Å²) in [6.45, 7) is 3.60. The molecule has 0 saturated carbocycles. The van der Waals surface area contributed by atoms with Crippen molar-refractivity contribution in [2.75, 3.05) is 45.9 Å². The summed E-state index contributed by atoms with van der Waals surface area (Å²) in [5, 5.41) is 4.57. The zero-order valence-electron chi connectivity index (χ0n) is 18.6. The lowest BCUT2D eigenvalue weighted by atomic mass is 9.91. The summed E-state index contributed by atoms with van der Waals surface area (Å²) in [4.78, 5) is 56.2. The van der Waals surface area contributed by atoms with Gasteiger partial charge in [-0.15, -0.1) is 11.3 Å². The average Bonchev–Trinajstić information content (AvgIpc) is 3.47. The van der Waals surface area contributed by atoms with Gasteiger partial charge in [0.1, 0.15) is 25.3 Å². The zero-order valence-corrected chi connectivity index (χ0v) is 19.4. The number of nitrogens with one attached hydrogen (secondary N) is 1. The molecule has 5 rings (SSSR count). The minimum Gasteiger partial charge on any atom is -0.486 e. The summed E-state index contributed by atoms with van der Waals surface area (Å²) < 4.78 is 11.1. The van der Waals surface area contributed by atoms with Crippen molar-refractivity contribution in [3.05, 3.63) is 46.2 Å². The number of thiophene rings is 1. The molecule has 1 unspecified atom stereocenters. The SMILES string of the molecule is CC1(c2ccc3c(c2)OCCO3)NC(=O)N(CC(=O)N2CCN(C(=O)c3cccs3)CC2)C1=O. The Kier molecular flexibility index (Phi) is 5.64. The van der Waals surface area contributed by atoms with Crippen LogP contribution in [0, 0.1) is 0 Å². The number of ether oxygens (including phenoxy) is 2. The Morgan fingerprint density at radius 1 is 1.03 bits per heavy atom. The lowest BCUT2D eigenvalue weighted by Crippen LogP contribution is -2.53. The van der Waals surface area contributed by atoms with Crippen molar-refractivity contribution in [3.63, 3.8) is 0 Å². The van der Waals surface area contributed by atoms with Gasteiger partial charge in [0, 0.05) is 26.2 Å². The van der Waals surface area contributed by atoms with Crippen LogP contribution in [0.15, 0.2) is 35.7 Å². The molecule has 0 aliphatic carbocycles. The van der Waals surface area contributed by atoms with E-state index in [9.17, 15) is 19.2 Å². The third-order valence-electron chi connectivity index (χ3n) is 6.34. The second kappa shape index (κ2) is 8.64. The van der Waals surface area contributed by atoms with Gasteiger partial charge in [-0.2, -0.15) is 0 Å². The van der Waals surface area contributed by atoms with Crippen LogP contribution in [0.3, 0.4) is 0 Å². The van der Waals surface area contributed by atoms with Crippen LogP contribution >= 0.6 is 11.3 Å². The van der Waals surface area contributed by atoms with Crippen molar-refractivity contribution in [1.29, 1.82) is 0 Å². The third-order valence-corrected chi connectivity index (χ3v) is 7.20. The summed E-state index contributed by atoms with van der Waals surface area (Å²) >= 11 is 1.38. The maximum atomic E-state index is 13.2. The maximum absolute atomic E-state index is 13.2. The molecule has 2 aromatic rings. The van der Waals surface area contributed by atoms with Crippen molar-refractivity contribution >= 4 is 35.1 Å². The minimum absolute atomic E-state index is 0.0496. The molecule has 11 heteroatoms. The normalized spacial score (nSPS) is 22.1. The van der Waals surface area contributed by atoms with E-state index in [4.69, 9.17) is 9.47 Å². The van der Waals surface area contributed by atoms with Gasteiger partial charge >= 0.3 is 6.03 Å². The second-order valence-corrected chi connectivity index (χ2v) is 9.40. The zero-order chi connectivity index (χ0) is 23.9. The number of benzene rings is 1. The van der Waals surface area contributed by atoms with Gasteiger partial charge in [0.2, 0.25) is 5.91 Å². The lowest BCUT2D eigenvalue weighted by Gasteiger charge is -2.35. The molecule has 0 radical (unpaired) electrons. The number of rotatable bonds is 4. The van der Waals surface area contributed by atoms with E-state index in [1.165, 1.54) is 11.3 Å². The highest BCUT2D eigenvalue weighted by atomic mass is 32.1. The van der Waals surface area contributed by atoms with Crippen LogP contribution in [0.5, 0.6) is 11.5 Å². The molecular formula is C23H24N4O6S. The summed E-state index contributed by atoms with van der Waals surface area (Å²) in [5.74, 6) is 0.203. The molecule has 1 atom stereocenters. The number of piperazine rings is 1. The first-order valence-electron chi connectivity index (χ1n) is 11.0. The van der Waals surface area contributed by atoms with Crippen LogP contribution in [0.25, 0.3) is 0 Å².